The van der Waals surface area contributed by atoms with Crippen LogP contribution < -0.4 is 11.0 Å². The molecule has 0 aliphatic rings. The number of hydroxylamine groups is 2. The number of hydrogen-bond acceptors (Lipinski definition) is 9. The molecule has 0 saturated heterocycles. The highest BCUT2D eigenvalue weighted by Gasteiger charge is 2.30. The Hall–Kier alpha value is -0.300. The van der Waals surface area contributed by atoms with E-state index in [1.807, 2.05) is 0 Å². The van der Waals surface area contributed by atoms with Gasteiger partial charge in [0.2, 0.25) is 0 Å². The largest absolute Gasteiger partial charge is 0.317 e. The molecule has 0 aliphatic carbocycles. The van der Waals surface area contributed by atoms with Crippen molar-refractivity contribution in [2.45, 2.75) is 25.1 Å². The molecule has 0 amide bonds. The first-order valence-corrected chi connectivity index (χ1v) is 7.78. The Morgan fingerprint density at radius 3 is 2.24 bits per heavy atom. The molecule has 17 heavy (non-hydrogen) atoms. The average Bonchev–Trinajstić information content (AvgIpc) is 2.21. The highest BCUT2D eigenvalue weighted by atomic mass is 32.3. The maximum absolute atomic E-state index is 11.4. The van der Waals surface area contributed by atoms with Crippen LogP contribution in [0.5, 0.6) is 0 Å². The molecule has 11 heteroatoms. The molecule has 1 atom stereocenters. The van der Waals surface area contributed by atoms with Crippen molar-refractivity contribution in [1.29, 1.82) is 0 Å². The quantitative estimate of drug-likeness (QED) is 0.383. The van der Waals surface area contributed by atoms with E-state index >= 15 is 0 Å². The molecule has 0 rings (SSSR count). The van der Waals surface area contributed by atoms with Gasteiger partial charge in [0, 0.05) is 6.54 Å². The summed E-state index contributed by atoms with van der Waals surface area (Å²) in [6.07, 6.45) is 0.395. The van der Waals surface area contributed by atoms with Crippen LogP contribution in [0.3, 0.4) is 0 Å². The van der Waals surface area contributed by atoms with Crippen molar-refractivity contribution in [3.05, 3.63) is 0 Å². The zero-order valence-electron chi connectivity index (χ0n) is 9.16. The number of nitrogens with one attached hydrogen (secondary N) is 2. The lowest BCUT2D eigenvalue weighted by Gasteiger charge is -2.14. The topological polar surface area (TPSA) is 142 Å². The van der Waals surface area contributed by atoms with Crippen LogP contribution in [-0.4, -0.2) is 44.9 Å². The molecular formula is C6H16N2O7S2. The van der Waals surface area contributed by atoms with E-state index in [9.17, 15) is 16.8 Å². The Morgan fingerprint density at radius 1 is 1.24 bits per heavy atom. The van der Waals surface area contributed by atoms with Gasteiger partial charge < -0.3 is 10.4 Å². The summed E-state index contributed by atoms with van der Waals surface area (Å²) >= 11 is 0. The third-order valence-electron chi connectivity index (χ3n) is 1.71. The molecule has 0 radical (unpaired) electrons. The zero-order chi connectivity index (χ0) is 13.5. The Balaban J connectivity index is 4.73. The lowest BCUT2D eigenvalue weighted by atomic mass is 10.3. The van der Waals surface area contributed by atoms with Gasteiger partial charge in [0.25, 0.3) is 20.2 Å². The van der Waals surface area contributed by atoms with Gasteiger partial charge in [-0.2, -0.15) is 22.3 Å². The summed E-state index contributed by atoms with van der Waals surface area (Å²) < 4.78 is 49.2. The van der Waals surface area contributed by atoms with E-state index < -0.39 is 31.4 Å². The molecule has 0 spiro atoms. The fourth-order valence-corrected chi connectivity index (χ4v) is 3.73. The van der Waals surface area contributed by atoms with Crippen LogP contribution in [0.1, 0.15) is 19.8 Å². The van der Waals surface area contributed by atoms with E-state index in [-0.39, 0.29) is 13.0 Å². The van der Waals surface area contributed by atoms with Gasteiger partial charge in [0.15, 0.2) is 5.37 Å². The van der Waals surface area contributed by atoms with Gasteiger partial charge in [-0.3, -0.25) is 0 Å². The molecule has 0 aliphatic heterocycles. The molecule has 9 nitrogen and oxygen atoms in total. The van der Waals surface area contributed by atoms with Gasteiger partial charge in [-0.25, -0.2) is 5.48 Å². The number of rotatable bonds is 9. The molecule has 0 saturated carbocycles. The smallest absolute Gasteiger partial charge is 0.300 e. The lowest BCUT2D eigenvalue weighted by Crippen LogP contribution is -2.37. The highest BCUT2D eigenvalue weighted by molar-refractivity contribution is 8.00. The summed E-state index contributed by atoms with van der Waals surface area (Å²) in [6, 6.07) is 0. The summed E-state index contributed by atoms with van der Waals surface area (Å²) in [6.45, 7) is 1.28. The van der Waals surface area contributed by atoms with Crippen molar-refractivity contribution >= 4 is 20.2 Å². The molecule has 0 heterocycles. The average molecular weight is 292 g/mol. The Labute approximate surface area is 99.9 Å². The maximum atomic E-state index is 11.4. The minimum atomic E-state index is -4.48. The molecule has 0 fully saturated rings. The van der Waals surface area contributed by atoms with Crippen LogP contribution in [0.15, 0.2) is 0 Å². The van der Waals surface area contributed by atoms with Crippen LogP contribution in [0.4, 0.5) is 0 Å². The Bertz CT molecular complexity index is 404. The zero-order valence-corrected chi connectivity index (χ0v) is 10.8. The van der Waals surface area contributed by atoms with Crippen molar-refractivity contribution < 1.29 is 30.9 Å². The van der Waals surface area contributed by atoms with E-state index in [4.69, 9.17) is 10.4 Å². The fourth-order valence-electron chi connectivity index (χ4n) is 0.932. The van der Waals surface area contributed by atoms with Crippen LogP contribution >= 0.6 is 0 Å². The summed E-state index contributed by atoms with van der Waals surface area (Å²) in [5.41, 5.74) is 3.04. The highest BCUT2D eigenvalue weighted by Crippen LogP contribution is 2.11. The summed E-state index contributed by atoms with van der Waals surface area (Å²) in [5, 5.41) is 15.3. The van der Waals surface area contributed by atoms with Crippen molar-refractivity contribution in [2.75, 3.05) is 12.3 Å². The molecule has 0 bridgehead atoms. The van der Waals surface area contributed by atoms with E-state index in [0.29, 0.717) is 6.42 Å². The first-order valence-electron chi connectivity index (χ1n) is 4.73. The summed E-state index contributed by atoms with van der Waals surface area (Å²) in [7, 11) is -8.82. The SMILES string of the molecule is CCCC(NO)S(=O)(=O)OS(=O)(=O)CCNO. The first kappa shape index (κ1) is 16.7. The molecule has 1 unspecified atom stereocenters. The fraction of sp³-hybridized carbons (Fsp3) is 1.00. The monoisotopic (exact) mass is 292 g/mol. The van der Waals surface area contributed by atoms with Crippen molar-refractivity contribution in [2.24, 2.45) is 0 Å². The number of hydrogen-bond donors (Lipinski definition) is 4. The second-order valence-corrected chi connectivity index (χ2v) is 6.76. The molecular weight excluding hydrogens is 276 g/mol. The van der Waals surface area contributed by atoms with Crippen LogP contribution in [0.25, 0.3) is 0 Å². The predicted molar refractivity (Wildman–Crippen MR) is 57.2 cm³/mol. The maximum Gasteiger partial charge on any atom is 0.300 e. The lowest BCUT2D eigenvalue weighted by molar-refractivity contribution is 0.146. The minimum absolute atomic E-state index is 0.00734. The van der Waals surface area contributed by atoms with Crippen LogP contribution in [0.2, 0.25) is 0 Å². The van der Waals surface area contributed by atoms with Gasteiger partial charge in [0.05, 0.1) is 5.75 Å². The van der Waals surface area contributed by atoms with Crippen LogP contribution in [-0.2, 0) is 23.9 Å². The second-order valence-electron chi connectivity index (χ2n) is 3.14. The molecule has 0 aromatic heterocycles. The van der Waals surface area contributed by atoms with E-state index in [0.717, 1.165) is 0 Å². The standard InChI is InChI=1S/C6H16N2O7S2/c1-2-3-6(8-10)17(13,14)15-16(11,12)5-4-7-9/h6-10H,2-5H2,1H3. The normalized spacial score (nSPS) is 14.8. The van der Waals surface area contributed by atoms with Gasteiger partial charge in [-0.15, -0.1) is 3.63 Å². The third kappa shape index (κ3) is 6.26. The minimum Gasteiger partial charge on any atom is -0.317 e. The third-order valence-corrected chi connectivity index (χ3v) is 5.04. The Kier molecular flexibility index (Phi) is 7.08. The van der Waals surface area contributed by atoms with Crippen molar-refractivity contribution in [3.63, 3.8) is 0 Å². The predicted octanol–water partition coefficient (Wildman–Crippen LogP) is -1.25. The van der Waals surface area contributed by atoms with E-state index in [1.54, 1.807) is 12.4 Å². The first-order chi connectivity index (χ1) is 7.79. The van der Waals surface area contributed by atoms with Gasteiger partial charge in [-0.1, -0.05) is 13.3 Å². The summed E-state index contributed by atoms with van der Waals surface area (Å²) in [5.74, 6) is -0.715. The molecule has 0 aromatic carbocycles. The van der Waals surface area contributed by atoms with Crippen molar-refractivity contribution in [1.82, 2.24) is 11.0 Å². The second kappa shape index (κ2) is 7.20. The van der Waals surface area contributed by atoms with Gasteiger partial charge >= 0.3 is 0 Å². The summed E-state index contributed by atoms with van der Waals surface area (Å²) in [4.78, 5) is 0. The van der Waals surface area contributed by atoms with Gasteiger partial charge in [0.1, 0.15) is 0 Å². The van der Waals surface area contributed by atoms with Crippen LogP contribution in [0, 0.1) is 0 Å². The van der Waals surface area contributed by atoms with E-state index in [2.05, 4.69) is 3.63 Å². The molecule has 0 aromatic rings. The van der Waals surface area contributed by atoms with Gasteiger partial charge in [-0.05, 0) is 6.42 Å². The van der Waals surface area contributed by atoms with E-state index in [1.165, 1.54) is 5.48 Å². The van der Waals surface area contributed by atoms with Crippen molar-refractivity contribution in [3.8, 4) is 0 Å². The Morgan fingerprint density at radius 2 is 1.82 bits per heavy atom. The molecule has 104 valence electrons. The molecule has 4 N–H and O–H groups in total.